The molecule has 0 aliphatic carbocycles. The number of aromatic nitrogens is 1. The second-order valence-electron chi connectivity index (χ2n) is 4.91. The van der Waals surface area contributed by atoms with Gasteiger partial charge in [0.2, 0.25) is 0 Å². The number of benzene rings is 1. The maximum absolute atomic E-state index is 13.8. The molecule has 1 aromatic heterocycles. The molecule has 0 spiro atoms. The zero-order chi connectivity index (χ0) is 14.5. The summed E-state index contributed by atoms with van der Waals surface area (Å²) in [4.78, 5) is 6.31. The molecule has 2 aromatic rings. The molecule has 1 aromatic carbocycles. The van der Waals surface area contributed by atoms with Gasteiger partial charge in [-0.1, -0.05) is 18.2 Å². The molecule has 2 rings (SSSR count). The van der Waals surface area contributed by atoms with Crippen LogP contribution >= 0.6 is 0 Å². The van der Waals surface area contributed by atoms with E-state index in [1.807, 2.05) is 45.3 Å². The Morgan fingerprint density at radius 2 is 2.05 bits per heavy atom. The van der Waals surface area contributed by atoms with E-state index in [1.165, 1.54) is 6.07 Å². The monoisotopic (exact) mass is 273 g/mol. The van der Waals surface area contributed by atoms with Gasteiger partial charge in [0.25, 0.3) is 0 Å². The van der Waals surface area contributed by atoms with Gasteiger partial charge < -0.3 is 5.32 Å². The van der Waals surface area contributed by atoms with Gasteiger partial charge >= 0.3 is 0 Å². The average Bonchev–Trinajstić information content (AvgIpc) is 2.47. The zero-order valence-electron chi connectivity index (χ0n) is 12.1. The molecule has 1 heterocycles. The van der Waals surface area contributed by atoms with Crippen LogP contribution in [0.15, 0.2) is 42.6 Å². The van der Waals surface area contributed by atoms with Gasteiger partial charge in [-0.3, -0.25) is 4.90 Å². The smallest absolute Gasteiger partial charge is 0.127 e. The first kappa shape index (κ1) is 14.5. The van der Waals surface area contributed by atoms with Crippen LogP contribution in [0.3, 0.4) is 0 Å². The number of halogens is 1. The molecule has 0 saturated carbocycles. The number of hydrogen-bond acceptors (Lipinski definition) is 3. The van der Waals surface area contributed by atoms with Crippen LogP contribution < -0.4 is 5.32 Å². The van der Waals surface area contributed by atoms with Crippen LogP contribution in [-0.4, -0.2) is 24.0 Å². The minimum Gasteiger partial charge on any atom is -0.373 e. The minimum atomic E-state index is -0.155. The molecular formula is C16H20FN3. The Bertz CT molecular complexity index is 571. The minimum absolute atomic E-state index is 0.0161. The highest BCUT2D eigenvalue weighted by Gasteiger charge is 2.15. The first-order valence-corrected chi connectivity index (χ1v) is 6.69. The maximum atomic E-state index is 13.8. The molecule has 4 heteroatoms. The summed E-state index contributed by atoms with van der Waals surface area (Å²) >= 11 is 0. The van der Waals surface area contributed by atoms with Gasteiger partial charge in [-0.2, -0.15) is 0 Å². The number of anilines is 1. The van der Waals surface area contributed by atoms with Gasteiger partial charge in [0.1, 0.15) is 11.6 Å². The van der Waals surface area contributed by atoms with Crippen LogP contribution in [0, 0.1) is 5.82 Å². The van der Waals surface area contributed by atoms with E-state index >= 15 is 0 Å². The van der Waals surface area contributed by atoms with Crippen molar-refractivity contribution in [3.05, 3.63) is 59.5 Å². The van der Waals surface area contributed by atoms with Crippen molar-refractivity contribution in [2.75, 3.05) is 19.4 Å². The van der Waals surface area contributed by atoms with E-state index in [1.54, 1.807) is 12.3 Å². The summed E-state index contributed by atoms with van der Waals surface area (Å²) in [6.07, 6.45) is 1.78. The molecule has 0 bridgehead atoms. The van der Waals surface area contributed by atoms with Gasteiger partial charge in [-0.15, -0.1) is 0 Å². The summed E-state index contributed by atoms with van der Waals surface area (Å²) in [6, 6.07) is 10.9. The lowest BCUT2D eigenvalue weighted by Crippen LogP contribution is -2.22. The molecule has 106 valence electrons. The fourth-order valence-corrected chi connectivity index (χ4v) is 2.19. The summed E-state index contributed by atoms with van der Waals surface area (Å²) in [5.74, 6) is 0.687. The Morgan fingerprint density at radius 1 is 1.30 bits per heavy atom. The van der Waals surface area contributed by atoms with E-state index in [2.05, 4.69) is 15.2 Å². The summed E-state index contributed by atoms with van der Waals surface area (Å²) in [5.41, 5.74) is 1.87. The zero-order valence-corrected chi connectivity index (χ0v) is 12.1. The van der Waals surface area contributed by atoms with E-state index in [9.17, 15) is 4.39 Å². The van der Waals surface area contributed by atoms with Gasteiger partial charge in [0.05, 0.1) is 0 Å². The van der Waals surface area contributed by atoms with Crippen LogP contribution in [0.1, 0.15) is 24.1 Å². The highest BCUT2D eigenvalue weighted by molar-refractivity contribution is 5.36. The molecular weight excluding hydrogens is 253 g/mol. The number of nitrogens with one attached hydrogen (secondary N) is 1. The van der Waals surface area contributed by atoms with Crippen molar-refractivity contribution >= 4 is 5.82 Å². The van der Waals surface area contributed by atoms with Crippen molar-refractivity contribution in [2.45, 2.75) is 19.5 Å². The molecule has 0 saturated heterocycles. The largest absolute Gasteiger partial charge is 0.373 e. The second-order valence-corrected chi connectivity index (χ2v) is 4.91. The van der Waals surface area contributed by atoms with Crippen LogP contribution in [0.4, 0.5) is 10.2 Å². The molecule has 1 N–H and O–H groups in total. The standard InChI is InChI=1S/C16H20FN3/c1-12(14-6-4-5-7-15(14)17)20(3)11-13-8-9-19-16(10-13)18-2/h4-10,12H,11H2,1-3H3,(H,18,19). The molecule has 0 aliphatic heterocycles. The topological polar surface area (TPSA) is 28.2 Å². The molecule has 0 aliphatic rings. The first-order valence-electron chi connectivity index (χ1n) is 6.69. The number of rotatable bonds is 5. The van der Waals surface area contributed by atoms with Crippen molar-refractivity contribution in [3.8, 4) is 0 Å². The summed E-state index contributed by atoms with van der Waals surface area (Å²) in [5, 5.41) is 3.02. The third-order valence-corrected chi connectivity index (χ3v) is 3.53. The van der Waals surface area contributed by atoms with Crippen LogP contribution in [0.2, 0.25) is 0 Å². The highest BCUT2D eigenvalue weighted by Crippen LogP contribution is 2.23. The Hall–Kier alpha value is -1.94. The number of hydrogen-bond donors (Lipinski definition) is 1. The van der Waals surface area contributed by atoms with Gasteiger partial charge in [-0.25, -0.2) is 9.37 Å². The fourth-order valence-electron chi connectivity index (χ4n) is 2.19. The van der Waals surface area contributed by atoms with Crippen molar-refractivity contribution < 1.29 is 4.39 Å². The first-order chi connectivity index (χ1) is 9.61. The maximum Gasteiger partial charge on any atom is 0.127 e. The van der Waals surface area contributed by atoms with E-state index in [-0.39, 0.29) is 11.9 Å². The summed E-state index contributed by atoms with van der Waals surface area (Å²) < 4.78 is 13.8. The molecule has 0 radical (unpaired) electrons. The summed E-state index contributed by atoms with van der Waals surface area (Å²) in [6.45, 7) is 2.76. The predicted molar refractivity (Wildman–Crippen MR) is 80.1 cm³/mol. The van der Waals surface area contributed by atoms with E-state index in [0.29, 0.717) is 0 Å². The molecule has 3 nitrogen and oxygen atoms in total. The van der Waals surface area contributed by atoms with Crippen LogP contribution in [0.25, 0.3) is 0 Å². The molecule has 0 amide bonds. The SMILES string of the molecule is CNc1cc(CN(C)C(C)c2ccccc2F)ccn1. The Kier molecular flexibility index (Phi) is 4.69. The van der Waals surface area contributed by atoms with Crippen LogP contribution in [0.5, 0.6) is 0 Å². The average molecular weight is 273 g/mol. The Balaban J connectivity index is 2.11. The lowest BCUT2D eigenvalue weighted by Gasteiger charge is -2.25. The predicted octanol–water partition coefficient (Wildman–Crippen LogP) is 3.46. The quantitative estimate of drug-likeness (QED) is 0.904. The van der Waals surface area contributed by atoms with Crippen molar-refractivity contribution in [3.63, 3.8) is 0 Å². The molecule has 1 unspecified atom stereocenters. The van der Waals surface area contributed by atoms with E-state index < -0.39 is 0 Å². The normalized spacial score (nSPS) is 12.4. The lowest BCUT2D eigenvalue weighted by atomic mass is 10.1. The van der Waals surface area contributed by atoms with Crippen molar-refractivity contribution in [1.29, 1.82) is 0 Å². The van der Waals surface area contributed by atoms with E-state index in [4.69, 9.17) is 0 Å². The van der Waals surface area contributed by atoms with Crippen LogP contribution in [-0.2, 0) is 6.54 Å². The second kappa shape index (κ2) is 6.48. The van der Waals surface area contributed by atoms with Crippen molar-refractivity contribution in [1.82, 2.24) is 9.88 Å². The van der Waals surface area contributed by atoms with E-state index in [0.717, 1.165) is 23.5 Å². The van der Waals surface area contributed by atoms with Gasteiger partial charge in [0.15, 0.2) is 0 Å². The lowest BCUT2D eigenvalue weighted by molar-refractivity contribution is 0.248. The number of nitrogens with zero attached hydrogens (tertiary/aromatic N) is 2. The fraction of sp³-hybridized carbons (Fsp3) is 0.312. The third kappa shape index (κ3) is 3.33. The molecule has 1 atom stereocenters. The highest BCUT2D eigenvalue weighted by atomic mass is 19.1. The van der Waals surface area contributed by atoms with Gasteiger partial charge in [0, 0.05) is 31.4 Å². The molecule has 20 heavy (non-hydrogen) atoms. The Labute approximate surface area is 119 Å². The van der Waals surface area contributed by atoms with Crippen molar-refractivity contribution in [2.24, 2.45) is 0 Å². The third-order valence-electron chi connectivity index (χ3n) is 3.53. The Morgan fingerprint density at radius 3 is 2.75 bits per heavy atom. The molecule has 0 fully saturated rings. The summed E-state index contributed by atoms with van der Waals surface area (Å²) in [7, 11) is 3.84. The van der Waals surface area contributed by atoms with Gasteiger partial charge in [-0.05, 0) is 37.7 Å². The number of pyridine rings is 1.